The van der Waals surface area contributed by atoms with Crippen molar-refractivity contribution in [2.75, 3.05) is 19.0 Å². The zero-order valence-corrected chi connectivity index (χ0v) is 22.0. The van der Waals surface area contributed by atoms with E-state index in [1.54, 1.807) is 12.1 Å². The number of nitrogens with one attached hydrogen (secondary N) is 1. The molecule has 1 aliphatic rings. The third-order valence-electron chi connectivity index (χ3n) is 5.85. The van der Waals surface area contributed by atoms with Gasteiger partial charge in [0.15, 0.2) is 11.5 Å². The lowest BCUT2D eigenvalue weighted by Crippen LogP contribution is -2.36. The van der Waals surface area contributed by atoms with E-state index in [1.165, 1.54) is 25.3 Å². The number of nitrogens with zero attached hydrogens (tertiary/aromatic N) is 2. The van der Waals surface area contributed by atoms with Gasteiger partial charge in [0.2, 0.25) is 5.91 Å². The summed E-state index contributed by atoms with van der Waals surface area (Å²) in [5.74, 6) is -0.896. The zero-order valence-electron chi connectivity index (χ0n) is 21.2. The molecule has 1 fully saturated rings. The smallest absolute Gasteiger partial charge is 0.294 e. The maximum atomic E-state index is 13.0. The van der Waals surface area contributed by atoms with Gasteiger partial charge in [0.1, 0.15) is 13.2 Å². The number of benzene rings is 3. The first-order valence-corrected chi connectivity index (χ1v) is 12.8. The van der Waals surface area contributed by atoms with Crippen LogP contribution in [0.1, 0.15) is 23.6 Å². The van der Waals surface area contributed by atoms with Gasteiger partial charge in [-0.05, 0) is 53.6 Å². The number of carbonyl (C=O) groups excluding carboxylic acids is 3. The Hall–Kier alpha value is -4.64. The minimum absolute atomic E-state index is 0.0508. The Balaban J connectivity index is 1.52. The molecule has 0 spiro atoms. The van der Waals surface area contributed by atoms with Crippen molar-refractivity contribution < 1.29 is 28.8 Å². The number of carbonyl (C=O) groups is 3. The molecule has 1 saturated heterocycles. The molecule has 0 aromatic heterocycles. The summed E-state index contributed by atoms with van der Waals surface area (Å²) in [5, 5.41) is 13.9. The Labute approximate surface area is 228 Å². The molecule has 3 aromatic carbocycles. The highest BCUT2D eigenvalue weighted by Gasteiger charge is 2.37. The number of thioether (sulfide) groups is 1. The number of aryl methyl sites for hydroxylation is 1. The van der Waals surface area contributed by atoms with Crippen molar-refractivity contribution in [3.63, 3.8) is 0 Å². The van der Waals surface area contributed by atoms with Crippen LogP contribution in [0.3, 0.4) is 0 Å². The van der Waals surface area contributed by atoms with Crippen LogP contribution in [0.2, 0.25) is 0 Å². The van der Waals surface area contributed by atoms with Crippen molar-refractivity contribution >= 4 is 46.3 Å². The molecule has 0 radical (unpaired) electrons. The van der Waals surface area contributed by atoms with Gasteiger partial charge in [-0.1, -0.05) is 49.4 Å². The summed E-state index contributed by atoms with van der Waals surface area (Å²) in [5.41, 5.74) is 2.22. The average molecular weight is 548 g/mol. The number of nitro benzene ring substituents is 1. The Kier molecular flexibility index (Phi) is 8.62. The average Bonchev–Trinajstić information content (AvgIpc) is 3.19. The number of nitro groups is 1. The first-order valence-electron chi connectivity index (χ1n) is 12.0. The molecule has 200 valence electrons. The van der Waals surface area contributed by atoms with Gasteiger partial charge in [0.25, 0.3) is 16.8 Å². The monoisotopic (exact) mass is 547 g/mol. The van der Waals surface area contributed by atoms with Crippen molar-refractivity contribution in [3.8, 4) is 11.5 Å². The molecule has 11 heteroatoms. The fourth-order valence-corrected chi connectivity index (χ4v) is 4.62. The highest BCUT2D eigenvalue weighted by Crippen LogP contribution is 2.39. The number of hydrogen-bond donors (Lipinski definition) is 1. The van der Waals surface area contributed by atoms with Gasteiger partial charge >= 0.3 is 0 Å². The summed E-state index contributed by atoms with van der Waals surface area (Å²) in [7, 11) is 1.39. The molecule has 3 aromatic rings. The molecule has 0 unspecified atom stereocenters. The third-order valence-corrected chi connectivity index (χ3v) is 6.76. The second-order valence-electron chi connectivity index (χ2n) is 8.46. The molecule has 39 heavy (non-hydrogen) atoms. The largest absolute Gasteiger partial charge is 0.493 e. The lowest BCUT2D eigenvalue weighted by atomic mass is 10.1. The number of hydrogen-bond acceptors (Lipinski definition) is 8. The van der Waals surface area contributed by atoms with Crippen LogP contribution in [0, 0.1) is 10.1 Å². The van der Waals surface area contributed by atoms with Crippen molar-refractivity contribution in [2.24, 2.45) is 0 Å². The third kappa shape index (κ3) is 6.63. The van der Waals surface area contributed by atoms with Gasteiger partial charge in [-0.15, -0.1) is 0 Å². The topological polar surface area (TPSA) is 128 Å². The van der Waals surface area contributed by atoms with Crippen molar-refractivity contribution in [3.05, 3.63) is 98.4 Å². The molecule has 3 amide bonds. The van der Waals surface area contributed by atoms with Crippen LogP contribution in [-0.4, -0.2) is 40.5 Å². The molecule has 10 nitrogen and oxygen atoms in total. The van der Waals surface area contributed by atoms with E-state index in [4.69, 9.17) is 9.47 Å². The second kappa shape index (κ2) is 12.3. The Morgan fingerprint density at radius 2 is 1.77 bits per heavy atom. The van der Waals surface area contributed by atoms with Crippen LogP contribution in [0.25, 0.3) is 6.08 Å². The molecular formula is C28H25N3O7S. The van der Waals surface area contributed by atoms with Crippen molar-refractivity contribution in [1.82, 2.24) is 4.90 Å². The molecule has 1 N–H and O–H groups in total. The summed E-state index contributed by atoms with van der Waals surface area (Å²) in [6.45, 7) is 1.69. The van der Waals surface area contributed by atoms with E-state index < -0.39 is 28.5 Å². The maximum absolute atomic E-state index is 13.0. The summed E-state index contributed by atoms with van der Waals surface area (Å²) in [6.07, 6.45) is 2.10. The highest BCUT2D eigenvalue weighted by atomic mass is 32.2. The summed E-state index contributed by atoms with van der Waals surface area (Å²) in [4.78, 5) is 50.0. The number of ether oxygens (including phenoxy) is 2. The molecule has 1 heterocycles. The number of imide groups is 1. The summed E-state index contributed by atoms with van der Waals surface area (Å²) >= 11 is 0.599. The Morgan fingerprint density at radius 3 is 2.41 bits per heavy atom. The minimum atomic E-state index is -0.723. The van der Waals surface area contributed by atoms with Gasteiger partial charge < -0.3 is 14.8 Å². The van der Waals surface area contributed by atoms with Gasteiger partial charge in [0.05, 0.1) is 28.6 Å². The number of amides is 3. The van der Waals surface area contributed by atoms with Gasteiger partial charge in [-0.3, -0.25) is 29.4 Å². The van der Waals surface area contributed by atoms with E-state index in [-0.39, 0.29) is 34.3 Å². The molecule has 0 aliphatic carbocycles. The fraction of sp³-hybridized carbons (Fsp3) is 0.179. The Bertz CT molecular complexity index is 1440. The Morgan fingerprint density at radius 1 is 1.05 bits per heavy atom. The lowest BCUT2D eigenvalue weighted by Gasteiger charge is -2.13. The SMILES string of the molecule is CCc1ccc(NC(=O)CN2C(=O)S/C(=C/c3cc(OC)c(OCc4ccccc4)cc3[N+](=O)[O-])C2=O)cc1. The number of methoxy groups -OCH3 is 1. The van der Waals surface area contributed by atoms with Gasteiger partial charge in [-0.2, -0.15) is 0 Å². The van der Waals surface area contributed by atoms with Gasteiger partial charge in [0, 0.05) is 5.69 Å². The molecule has 4 rings (SSSR count). The van der Waals surface area contributed by atoms with Gasteiger partial charge in [-0.25, -0.2) is 0 Å². The molecular weight excluding hydrogens is 522 g/mol. The van der Waals surface area contributed by atoms with Crippen LogP contribution in [-0.2, 0) is 22.6 Å². The standard InChI is InChI=1S/C28H25N3O7S/c1-3-18-9-11-21(12-10-18)29-26(32)16-30-27(33)25(39-28(30)34)14-20-13-23(37-2)24(15-22(20)31(35)36)38-17-19-7-5-4-6-8-19/h4-15H,3,16-17H2,1-2H3,(H,29,32)/b25-14+. The summed E-state index contributed by atoms with van der Waals surface area (Å²) < 4.78 is 11.1. The van der Waals surface area contributed by atoms with E-state index >= 15 is 0 Å². The summed E-state index contributed by atoms with van der Waals surface area (Å²) in [6, 6.07) is 19.1. The van der Waals surface area contributed by atoms with Crippen LogP contribution in [0.15, 0.2) is 71.6 Å². The zero-order chi connectivity index (χ0) is 27.9. The minimum Gasteiger partial charge on any atom is -0.493 e. The van der Waals surface area contributed by atoms with E-state index in [0.717, 1.165) is 22.4 Å². The van der Waals surface area contributed by atoms with E-state index in [1.807, 2.05) is 49.4 Å². The van der Waals surface area contributed by atoms with Crippen molar-refractivity contribution in [1.29, 1.82) is 0 Å². The molecule has 0 saturated carbocycles. The number of rotatable bonds is 10. The molecule has 0 bridgehead atoms. The van der Waals surface area contributed by atoms with Crippen LogP contribution in [0.5, 0.6) is 11.5 Å². The maximum Gasteiger partial charge on any atom is 0.294 e. The van der Waals surface area contributed by atoms with E-state index in [9.17, 15) is 24.5 Å². The quantitative estimate of drug-likeness (QED) is 0.202. The molecule has 1 aliphatic heterocycles. The predicted molar refractivity (Wildman–Crippen MR) is 148 cm³/mol. The fourth-order valence-electron chi connectivity index (χ4n) is 3.79. The van der Waals surface area contributed by atoms with Crippen LogP contribution < -0.4 is 14.8 Å². The lowest BCUT2D eigenvalue weighted by molar-refractivity contribution is -0.385. The van der Waals surface area contributed by atoms with Crippen molar-refractivity contribution in [2.45, 2.75) is 20.0 Å². The van der Waals surface area contributed by atoms with Crippen LogP contribution in [0.4, 0.5) is 16.2 Å². The second-order valence-corrected chi connectivity index (χ2v) is 9.45. The first kappa shape index (κ1) is 27.4. The van der Waals surface area contributed by atoms with Crippen LogP contribution >= 0.6 is 11.8 Å². The van der Waals surface area contributed by atoms with E-state index in [0.29, 0.717) is 17.4 Å². The number of anilines is 1. The highest BCUT2D eigenvalue weighted by molar-refractivity contribution is 8.18. The normalized spacial score (nSPS) is 14.0. The molecule has 0 atom stereocenters. The predicted octanol–water partition coefficient (Wildman–Crippen LogP) is 5.42. The first-order chi connectivity index (χ1) is 18.8. The van der Waals surface area contributed by atoms with E-state index in [2.05, 4.69) is 5.32 Å².